The van der Waals surface area contributed by atoms with Crippen molar-refractivity contribution in [1.82, 2.24) is 5.32 Å². The standard InChI is InChI=1S/C4H10N2.F6P/c1-2-6-4-3-5-1;1-7(2,3,4,5)6/h5-6H,1-4H2;/q;-1/p+1. The third kappa shape index (κ3) is 33.5. The molecule has 0 radical (unpaired) electrons. The SMILES string of the molecule is C1C[NH2+]CCN1.F[P-](F)(F)(F)(F)F. The minimum absolute atomic E-state index is 1.19. The quantitative estimate of drug-likeness (QED) is 0.481. The summed E-state index contributed by atoms with van der Waals surface area (Å²) in [5.74, 6) is 0. The van der Waals surface area contributed by atoms with Crippen molar-refractivity contribution in [3.8, 4) is 0 Å². The van der Waals surface area contributed by atoms with Crippen LogP contribution in [0, 0.1) is 0 Å². The van der Waals surface area contributed by atoms with Gasteiger partial charge in [-0.05, 0) is 0 Å². The summed E-state index contributed by atoms with van der Waals surface area (Å²) in [6.45, 7) is 4.92. The van der Waals surface area contributed by atoms with Crippen molar-refractivity contribution >= 4 is 7.81 Å². The van der Waals surface area contributed by atoms with Crippen LogP contribution in [-0.2, 0) is 0 Å². The number of hydrogen-bond acceptors (Lipinski definition) is 1. The molecule has 0 unspecified atom stereocenters. The topological polar surface area (TPSA) is 28.6 Å². The summed E-state index contributed by atoms with van der Waals surface area (Å²) in [6, 6.07) is 0. The van der Waals surface area contributed by atoms with Crippen LogP contribution < -0.4 is 10.6 Å². The molecule has 0 spiro atoms. The second kappa shape index (κ2) is 3.25. The van der Waals surface area contributed by atoms with Crippen molar-refractivity contribution in [1.29, 1.82) is 0 Å². The van der Waals surface area contributed by atoms with E-state index in [-0.39, 0.29) is 0 Å². The van der Waals surface area contributed by atoms with Gasteiger partial charge in [-0.25, -0.2) is 0 Å². The Labute approximate surface area is 70.9 Å². The Balaban J connectivity index is 0.000000223. The zero-order valence-corrected chi connectivity index (χ0v) is 7.52. The van der Waals surface area contributed by atoms with E-state index in [4.69, 9.17) is 0 Å². The molecular formula is C4H11F6N2P. The van der Waals surface area contributed by atoms with Crippen molar-refractivity contribution in [3.05, 3.63) is 0 Å². The Morgan fingerprint density at radius 3 is 1.23 bits per heavy atom. The van der Waals surface area contributed by atoms with E-state index in [9.17, 15) is 25.2 Å². The molecule has 0 atom stereocenters. The predicted molar refractivity (Wildman–Crippen MR) is 38.1 cm³/mol. The van der Waals surface area contributed by atoms with Gasteiger partial charge in [0.2, 0.25) is 0 Å². The van der Waals surface area contributed by atoms with Crippen LogP contribution in [0.2, 0.25) is 0 Å². The van der Waals surface area contributed by atoms with Crippen molar-refractivity contribution in [3.63, 3.8) is 0 Å². The summed E-state index contributed by atoms with van der Waals surface area (Å²) < 4.78 is 59.2. The first-order valence-electron chi connectivity index (χ1n) is 3.54. The maximum absolute atomic E-state index is 10.7. The molecule has 84 valence electrons. The first kappa shape index (κ1) is 12.9. The van der Waals surface area contributed by atoms with Gasteiger partial charge in [-0.15, -0.1) is 0 Å². The molecule has 0 aromatic heterocycles. The molecule has 1 aliphatic rings. The summed E-state index contributed by atoms with van der Waals surface area (Å²) in [5, 5.41) is 5.58. The van der Waals surface area contributed by atoms with Gasteiger partial charge in [0.25, 0.3) is 0 Å². The van der Waals surface area contributed by atoms with E-state index in [1.54, 1.807) is 0 Å². The Hall–Kier alpha value is -0.0700. The van der Waals surface area contributed by atoms with Gasteiger partial charge >= 0.3 is 33.0 Å². The molecule has 3 N–H and O–H groups in total. The van der Waals surface area contributed by atoms with Gasteiger partial charge in [0.15, 0.2) is 0 Å². The number of halogens is 6. The number of hydrogen-bond donors (Lipinski definition) is 2. The summed E-state index contributed by atoms with van der Waals surface area (Å²) in [6.07, 6.45) is 0. The van der Waals surface area contributed by atoms with Gasteiger partial charge in [-0.3, -0.25) is 0 Å². The second-order valence-corrected chi connectivity index (χ2v) is 4.49. The van der Waals surface area contributed by atoms with E-state index < -0.39 is 7.81 Å². The Kier molecular flexibility index (Phi) is 3.24. The number of piperazine rings is 1. The van der Waals surface area contributed by atoms with Crippen LogP contribution in [0.25, 0.3) is 0 Å². The Morgan fingerprint density at radius 2 is 1.15 bits per heavy atom. The Bertz CT molecular complexity index is 133. The van der Waals surface area contributed by atoms with Crippen LogP contribution in [0.15, 0.2) is 0 Å². The molecule has 1 saturated heterocycles. The molecule has 0 bridgehead atoms. The summed E-state index contributed by atoms with van der Waals surface area (Å²) in [7, 11) is -10.7. The molecule has 1 heterocycles. The van der Waals surface area contributed by atoms with E-state index in [2.05, 4.69) is 10.6 Å². The molecule has 1 fully saturated rings. The normalized spacial score (nSPS) is 23.5. The summed E-state index contributed by atoms with van der Waals surface area (Å²) >= 11 is 0. The van der Waals surface area contributed by atoms with Crippen molar-refractivity contribution in [2.45, 2.75) is 0 Å². The molecule has 0 aromatic rings. The number of quaternary nitrogens is 1. The zero-order valence-electron chi connectivity index (χ0n) is 6.62. The van der Waals surface area contributed by atoms with Crippen LogP contribution in [0.5, 0.6) is 0 Å². The molecule has 2 nitrogen and oxygen atoms in total. The van der Waals surface area contributed by atoms with Gasteiger partial charge in [0, 0.05) is 13.1 Å². The number of nitrogens with two attached hydrogens (primary N) is 1. The van der Waals surface area contributed by atoms with Crippen molar-refractivity contribution in [2.75, 3.05) is 26.2 Å². The van der Waals surface area contributed by atoms with E-state index in [0.29, 0.717) is 0 Å². The summed E-state index contributed by atoms with van der Waals surface area (Å²) in [4.78, 5) is 0. The van der Waals surface area contributed by atoms with E-state index >= 15 is 0 Å². The monoisotopic (exact) mass is 232 g/mol. The second-order valence-electron chi connectivity index (χ2n) is 2.57. The fourth-order valence-electron chi connectivity index (χ4n) is 0.678. The summed E-state index contributed by atoms with van der Waals surface area (Å²) in [5.41, 5.74) is 0. The van der Waals surface area contributed by atoms with Gasteiger partial charge in [-0.2, -0.15) is 0 Å². The minimum atomic E-state index is -10.7. The fraction of sp³-hybridized carbons (Fsp3) is 1.00. The maximum atomic E-state index is 9.87. The van der Waals surface area contributed by atoms with Gasteiger partial charge in [0.1, 0.15) is 0 Å². The van der Waals surface area contributed by atoms with Crippen molar-refractivity contribution in [2.24, 2.45) is 0 Å². The first-order chi connectivity index (χ1) is 5.45. The Morgan fingerprint density at radius 1 is 0.846 bits per heavy atom. The first-order valence-corrected chi connectivity index (χ1v) is 5.57. The third-order valence-corrected chi connectivity index (χ3v) is 1.05. The molecule has 0 saturated carbocycles. The van der Waals surface area contributed by atoms with Gasteiger partial charge in [0.05, 0.1) is 13.1 Å². The number of nitrogens with one attached hydrogen (secondary N) is 1. The van der Waals surface area contributed by atoms with Crippen molar-refractivity contribution < 1.29 is 30.5 Å². The van der Waals surface area contributed by atoms with E-state index in [1.807, 2.05) is 0 Å². The molecular weight excluding hydrogens is 221 g/mol. The fourth-order valence-corrected chi connectivity index (χ4v) is 0.678. The molecule has 0 aromatic carbocycles. The number of rotatable bonds is 0. The van der Waals surface area contributed by atoms with Gasteiger partial charge < -0.3 is 10.6 Å². The molecule has 0 amide bonds. The van der Waals surface area contributed by atoms with E-state index in [1.165, 1.54) is 26.2 Å². The van der Waals surface area contributed by atoms with E-state index in [0.717, 1.165) is 0 Å². The molecule has 1 rings (SSSR count). The molecule has 0 aliphatic carbocycles. The van der Waals surface area contributed by atoms with Crippen LogP contribution >= 0.6 is 7.81 Å². The van der Waals surface area contributed by atoms with Gasteiger partial charge in [-0.1, -0.05) is 0 Å². The average molecular weight is 232 g/mol. The van der Waals surface area contributed by atoms with Crippen LogP contribution in [0.1, 0.15) is 0 Å². The van der Waals surface area contributed by atoms with Crippen LogP contribution in [0.4, 0.5) is 25.2 Å². The molecule has 9 heteroatoms. The zero-order chi connectivity index (χ0) is 10.7. The molecule has 1 aliphatic heterocycles. The van der Waals surface area contributed by atoms with Crippen LogP contribution in [0.3, 0.4) is 0 Å². The average Bonchev–Trinajstić information content (AvgIpc) is 1.84. The predicted octanol–water partition coefficient (Wildman–Crippen LogP) is 1.54. The third-order valence-electron chi connectivity index (χ3n) is 1.05. The van der Waals surface area contributed by atoms with Crippen LogP contribution in [-0.4, -0.2) is 26.2 Å². The molecule has 13 heavy (non-hydrogen) atoms.